The van der Waals surface area contributed by atoms with Gasteiger partial charge in [-0.25, -0.2) is 4.79 Å². The van der Waals surface area contributed by atoms with Crippen LogP contribution in [0.1, 0.15) is 55.7 Å². The highest BCUT2D eigenvalue weighted by molar-refractivity contribution is 5.93. The van der Waals surface area contributed by atoms with Crippen LogP contribution in [0.25, 0.3) is 0 Å². The van der Waals surface area contributed by atoms with Gasteiger partial charge in [0.2, 0.25) is 5.89 Å². The standard InChI is InChI=1S/C13H20N4O4/c1-3-7(2)9(13(19)20)15-11(18)10-16-12(21-17-10)8-5-4-6-14-8/h7-9,14H,3-6H2,1-2H3,(H,15,18)(H,19,20)/t7?,8?,9-/m0/s1. The summed E-state index contributed by atoms with van der Waals surface area (Å²) in [5, 5.41) is 18.4. The molecule has 8 heteroatoms. The highest BCUT2D eigenvalue weighted by Crippen LogP contribution is 2.21. The summed E-state index contributed by atoms with van der Waals surface area (Å²) in [6.45, 7) is 4.51. The SMILES string of the molecule is CCC(C)[C@H](NC(=O)c1noc(C2CCCN2)n1)C(=O)O. The molecule has 3 N–H and O–H groups in total. The number of rotatable bonds is 6. The molecule has 0 saturated carbocycles. The Kier molecular flexibility index (Phi) is 4.89. The summed E-state index contributed by atoms with van der Waals surface area (Å²) in [6.07, 6.45) is 2.54. The first-order valence-corrected chi connectivity index (χ1v) is 7.13. The van der Waals surface area contributed by atoms with Crippen molar-refractivity contribution in [1.29, 1.82) is 0 Å². The van der Waals surface area contributed by atoms with Gasteiger partial charge in [0.25, 0.3) is 11.7 Å². The van der Waals surface area contributed by atoms with Crippen LogP contribution < -0.4 is 10.6 Å². The maximum atomic E-state index is 12.0. The summed E-state index contributed by atoms with van der Waals surface area (Å²) in [5.41, 5.74) is 0. The third-order valence-electron chi connectivity index (χ3n) is 3.77. The topological polar surface area (TPSA) is 117 Å². The number of nitrogens with one attached hydrogen (secondary N) is 2. The number of amides is 1. The number of carbonyl (C=O) groups excluding carboxylic acids is 1. The van der Waals surface area contributed by atoms with Crippen LogP contribution >= 0.6 is 0 Å². The van der Waals surface area contributed by atoms with Crippen LogP contribution in [-0.2, 0) is 4.79 Å². The molecule has 2 unspecified atom stereocenters. The number of aliphatic carboxylic acids is 1. The van der Waals surface area contributed by atoms with Crippen LogP contribution in [0.5, 0.6) is 0 Å². The Bertz CT molecular complexity index is 510. The largest absolute Gasteiger partial charge is 0.480 e. The molecule has 0 spiro atoms. The Labute approximate surface area is 122 Å². The van der Waals surface area contributed by atoms with Crippen LogP contribution in [-0.4, -0.2) is 39.7 Å². The maximum Gasteiger partial charge on any atom is 0.326 e. The second-order valence-corrected chi connectivity index (χ2v) is 5.28. The normalized spacial score (nSPS) is 21.0. The quantitative estimate of drug-likeness (QED) is 0.708. The molecule has 2 rings (SSSR count). The monoisotopic (exact) mass is 296 g/mol. The lowest BCUT2D eigenvalue weighted by atomic mass is 9.99. The molecule has 1 aromatic rings. The molecule has 1 aliphatic rings. The molecule has 3 atom stereocenters. The molecule has 0 aromatic carbocycles. The van der Waals surface area contributed by atoms with Gasteiger partial charge in [-0.15, -0.1) is 0 Å². The van der Waals surface area contributed by atoms with E-state index >= 15 is 0 Å². The van der Waals surface area contributed by atoms with E-state index in [1.807, 2.05) is 6.92 Å². The number of carboxylic acid groups (broad SMARTS) is 1. The predicted molar refractivity (Wildman–Crippen MR) is 72.6 cm³/mol. The molecule has 1 fully saturated rings. The van der Waals surface area contributed by atoms with Gasteiger partial charge in [0.15, 0.2) is 0 Å². The summed E-state index contributed by atoms with van der Waals surface area (Å²) >= 11 is 0. The number of aromatic nitrogens is 2. The van der Waals surface area contributed by atoms with Crippen molar-refractivity contribution in [2.75, 3.05) is 6.54 Å². The van der Waals surface area contributed by atoms with Crippen molar-refractivity contribution in [3.8, 4) is 0 Å². The van der Waals surface area contributed by atoms with Gasteiger partial charge in [-0.05, 0) is 25.3 Å². The summed E-state index contributed by atoms with van der Waals surface area (Å²) in [7, 11) is 0. The zero-order chi connectivity index (χ0) is 15.4. The van der Waals surface area contributed by atoms with Gasteiger partial charge in [0.05, 0.1) is 6.04 Å². The van der Waals surface area contributed by atoms with Crippen molar-refractivity contribution in [3.05, 3.63) is 11.7 Å². The molecule has 1 aliphatic heterocycles. The number of carboxylic acids is 1. The van der Waals surface area contributed by atoms with Crippen LogP contribution in [0.4, 0.5) is 0 Å². The second kappa shape index (κ2) is 6.66. The van der Waals surface area contributed by atoms with Gasteiger partial charge in [0, 0.05) is 0 Å². The highest BCUT2D eigenvalue weighted by Gasteiger charge is 2.29. The van der Waals surface area contributed by atoms with Crippen molar-refractivity contribution in [2.45, 2.75) is 45.2 Å². The lowest BCUT2D eigenvalue weighted by Gasteiger charge is -2.18. The van der Waals surface area contributed by atoms with Gasteiger partial charge < -0.3 is 20.3 Å². The Hall–Kier alpha value is -1.96. The highest BCUT2D eigenvalue weighted by atomic mass is 16.5. The smallest absolute Gasteiger partial charge is 0.326 e. The minimum absolute atomic E-state index is 0.0242. The predicted octanol–water partition coefficient (Wildman–Crippen LogP) is 0.723. The van der Waals surface area contributed by atoms with E-state index in [1.165, 1.54) is 0 Å². The molecule has 2 heterocycles. The Morgan fingerprint density at radius 2 is 2.33 bits per heavy atom. The van der Waals surface area contributed by atoms with E-state index in [1.54, 1.807) is 6.92 Å². The molecule has 0 aliphatic carbocycles. The van der Waals surface area contributed by atoms with E-state index in [4.69, 9.17) is 9.63 Å². The lowest BCUT2D eigenvalue weighted by Crippen LogP contribution is -2.45. The zero-order valence-electron chi connectivity index (χ0n) is 12.1. The fraction of sp³-hybridized carbons (Fsp3) is 0.692. The molecule has 0 radical (unpaired) electrons. The molecule has 116 valence electrons. The third kappa shape index (κ3) is 3.57. The number of carbonyl (C=O) groups is 2. The fourth-order valence-corrected chi connectivity index (χ4v) is 2.25. The van der Waals surface area contributed by atoms with Crippen molar-refractivity contribution in [3.63, 3.8) is 0 Å². The van der Waals surface area contributed by atoms with Crippen molar-refractivity contribution in [1.82, 2.24) is 20.8 Å². The summed E-state index contributed by atoms with van der Waals surface area (Å²) < 4.78 is 5.07. The van der Waals surface area contributed by atoms with Gasteiger partial charge in [-0.2, -0.15) is 4.98 Å². The first-order valence-electron chi connectivity index (χ1n) is 7.13. The van der Waals surface area contributed by atoms with E-state index in [0.717, 1.165) is 19.4 Å². The van der Waals surface area contributed by atoms with Gasteiger partial charge in [-0.3, -0.25) is 4.79 Å². The van der Waals surface area contributed by atoms with E-state index < -0.39 is 17.9 Å². The molecular formula is C13H20N4O4. The minimum atomic E-state index is -1.07. The van der Waals surface area contributed by atoms with E-state index in [2.05, 4.69) is 20.8 Å². The first-order chi connectivity index (χ1) is 10.0. The molecular weight excluding hydrogens is 276 g/mol. The van der Waals surface area contributed by atoms with Crippen molar-refractivity contribution >= 4 is 11.9 Å². The van der Waals surface area contributed by atoms with Crippen LogP contribution in [0.15, 0.2) is 4.52 Å². The molecule has 0 bridgehead atoms. The average molecular weight is 296 g/mol. The Morgan fingerprint density at radius 1 is 1.57 bits per heavy atom. The summed E-state index contributed by atoms with van der Waals surface area (Å²) in [6, 6.07) is -0.988. The molecule has 8 nitrogen and oxygen atoms in total. The molecule has 1 aromatic heterocycles. The average Bonchev–Trinajstić information content (AvgIpc) is 3.12. The van der Waals surface area contributed by atoms with Crippen LogP contribution in [0.2, 0.25) is 0 Å². The van der Waals surface area contributed by atoms with E-state index in [9.17, 15) is 9.59 Å². The molecule has 1 amide bonds. The van der Waals surface area contributed by atoms with Crippen molar-refractivity contribution in [2.24, 2.45) is 5.92 Å². The van der Waals surface area contributed by atoms with E-state index in [0.29, 0.717) is 12.3 Å². The Morgan fingerprint density at radius 3 is 2.90 bits per heavy atom. The van der Waals surface area contributed by atoms with Crippen LogP contribution in [0.3, 0.4) is 0 Å². The van der Waals surface area contributed by atoms with Gasteiger partial charge in [-0.1, -0.05) is 25.4 Å². The second-order valence-electron chi connectivity index (χ2n) is 5.28. The Balaban J connectivity index is 2.03. The van der Waals surface area contributed by atoms with Crippen molar-refractivity contribution < 1.29 is 19.2 Å². The third-order valence-corrected chi connectivity index (χ3v) is 3.77. The number of nitrogens with zero attached hydrogens (tertiary/aromatic N) is 2. The lowest BCUT2D eigenvalue weighted by molar-refractivity contribution is -0.140. The fourth-order valence-electron chi connectivity index (χ4n) is 2.25. The zero-order valence-corrected chi connectivity index (χ0v) is 12.1. The van der Waals surface area contributed by atoms with E-state index in [-0.39, 0.29) is 17.8 Å². The number of hydrogen-bond acceptors (Lipinski definition) is 6. The maximum absolute atomic E-state index is 12.0. The van der Waals surface area contributed by atoms with Gasteiger partial charge >= 0.3 is 5.97 Å². The molecule has 21 heavy (non-hydrogen) atoms. The van der Waals surface area contributed by atoms with Crippen LogP contribution in [0, 0.1) is 5.92 Å². The minimum Gasteiger partial charge on any atom is -0.480 e. The molecule has 1 saturated heterocycles. The van der Waals surface area contributed by atoms with Gasteiger partial charge in [0.1, 0.15) is 6.04 Å². The number of hydrogen-bond donors (Lipinski definition) is 3. The first kappa shape index (κ1) is 15.4. The summed E-state index contributed by atoms with van der Waals surface area (Å²) in [4.78, 5) is 27.3. The summed E-state index contributed by atoms with van der Waals surface area (Å²) in [5.74, 6) is -1.65.